The molecule has 0 radical (unpaired) electrons. The van der Waals surface area contributed by atoms with Crippen LogP contribution in [0.15, 0.2) is 18.3 Å². The summed E-state index contributed by atoms with van der Waals surface area (Å²) in [4.78, 5) is 37.1. The lowest BCUT2D eigenvalue weighted by molar-refractivity contribution is -0.120. The van der Waals surface area contributed by atoms with E-state index >= 15 is 0 Å². The fraction of sp³-hybridized carbons (Fsp3) is 0.385. The molecular weight excluding hydrogens is 276 g/mol. The summed E-state index contributed by atoms with van der Waals surface area (Å²) < 4.78 is 0. The van der Waals surface area contributed by atoms with Gasteiger partial charge in [0.2, 0.25) is 5.91 Å². The van der Waals surface area contributed by atoms with Crippen LogP contribution in [0.4, 0.5) is 4.79 Å². The lowest BCUT2D eigenvalue weighted by Gasteiger charge is -2.08. The van der Waals surface area contributed by atoms with Crippen LogP contribution in [0.2, 0.25) is 0 Å². The van der Waals surface area contributed by atoms with Crippen molar-refractivity contribution in [2.45, 2.75) is 19.9 Å². The lowest BCUT2D eigenvalue weighted by atomic mass is 10.2. The lowest BCUT2D eigenvalue weighted by Crippen LogP contribution is -2.41. The molecular formula is C13H18N4O4. The fourth-order valence-corrected chi connectivity index (χ4v) is 1.39. The average Bonchev–Trinajstić information content (AvgIpc) is 2.49. The highest BCUT2D eigenvalue weighted by molar-refractivity contribution is 5.85. The minimum absolute atomic E-state index is 0.0594. The van der Waals surface area contributed by atoms with E-state index in [-0.39, 0.29) is 24.7 Å². The van der Waals surface area contributed by atoms with Crippen LogP contribution in [-0.2, 0) is 11.3 Å². The summed E-state index contributed by atoms with van der Waals surface area (Å²) in [6, 6.07) is 2.43. The van der Waals surface area contributed by atoms with Gasteiger partial charge in [0.15, 0.2) is 0 Å². The zero-order chi connectivity index (χ0) is 15.7. The first-order chi connectivity index (χ1) is 10.0. The Labute approximate surface area is 121 Å². The van der Waals surface area contributed by atoms with E-state index < -0.39 is 12.0 Å². The molecule has 21 heavy (non-hydrogen) atoms. The predicted molar refractivity (Wildman–Crippen MR) is 74.7 cm³/mol. The Morgan fingerprint density at radius 2 is 1.95 bits per heavy atom. The maximum atomic E-state index is 11.5. The van der Waals surface area contributed by atoms with Gasteiger partial charge in [-0.2, -0.15) is 0 Å². The molecule has 1 heterocycles. The maximum absolute atomic E-state index is 11.5. The van der Waals surface area contributed by atoms with Crippen molar-refractivity contribution in [1.29, 1.82) is 0 Å². The number of hydrogen-bond acceptors (Lipinski definition) is 4. The van der Waals surface area contributed by atoms with E-state index in [2.05, 4.69) is 20.9 Å². The van der Waals surface area contributed by atoms with E-state index in [4.69, 9.17) is 5.11 Å². The molecule has 3 amide bonds. The predicted octanol–water partition coefficient (Wildman–Crippen LogP) is 0.105. The highest BCUT2D eigenvalue weighted by Crippen LogP contribution is 1.99. The highest BCUT2D eigenvalue weighted by Gasteiger charge is 2.06. The van der Waals surface area contributed by atoms with Crippen LogP contribution in [0.25, 0.3) is 0 Å². The molecule has 0 spiro atoms. The summed E-state index contributed by atoms with van der Waals surface area (Å²) in [5.74, 6) is -1.36. The number of rotatable bonds is 7. The Hall–Kier alpha value is -2.64. The minimum Gasteiger partial charge on any atom is -0.477 e. The summed E-state index contributed by atoms with van der Waals surface area (Å²) >= 11 is 0. The van der Waals surface area contributed by atoms with Crippen molar-refractivity contribution in [2.75, 3.05) is 13.1 Å². The van der Waals surface area contributed by atoms with Crippen LogP contribution in [-0.4, -0.2) is 41.1 Å². The second kappa shape index (κ2) is 8.51. The molecule has 0 aliphatic carbocycles. The number of aromatic nitrogens is 1. The van der Waals surface area contributed by atoms with E-state index in [1.54, 1.807) is 6.07 Å². The van der Waals surface area contributed by atoms with Crippen LogP contribution in [0.5, 0.6) is 0 Å². The normalized spacial score (nSPS) is 9.76. The molecule has 0 saturated carbocycles. The van der Waals surface area contributed by atoms with Gasteiger partial charge in [0.25, 0.3) is 0 Å². The Morgan fingerprint density at radius 3 is 2.52 bits per heavy atom. The number of carboxylic acid groups (broad SMARTS) is 1. The molecule has 8 heteroatoms. The number of carbonyl (C=O) groups is 3. The number of carbonyl (C=O) groups excluding carboxylic acids is 2. The van der Waals surface area contributed by atoms with Crippen LogP contribution in [0.3, 0.4) is 0 Å². The molecule has 8 nitrogen and oxygen atoms in total. The van der Waals surface area contributed by atoms with E-state index in [1.807, 2.05) is 6.92 Å². The van der Waals surface area contributed by atoms with Crippen LogP contribution >= 0.6 is 0 Å². The van der Waals surface area contributed by atoms with Gasteiger partial charge in [-0.25, -0.2) is 14.6 Å². The number of hydrogen-bond donors (Lipinski definition) is 4. The molecule has 1 rings (SSSR count). The monoisotopic (exact) mass is 294 g/mol. The minimum atomic E-state index is -1.11. The van der Waals surface area contributed by atoms with Gasteiger partial charge in [0.05, 0.1) is 6.54 Å². The van der Waals surface area contributed by atoms with Crippen LogP contribution < -0.4 is 16.0 Å². The Morgan fingerprint density at radius 1 is 1.19 bits per heavy atom. The summed E-state index contributed by atoms with van der Waals surface area (Å²) in [5, 5.41) is 16.3. The number of carboxylic acids is 1. The molecule has 0 atom stereocenters. The summed E-state index contributed by atoms with van der Waals surface area (Å²) in [6.45, 7) is 2.60. The van der Waals surface area contributed by atoms with E-state index in [0.717, 1.165) is 6.42 Å². The van der Waals surface area contributed by atoms with Gasteiger partial charge in [0.1, 0.15) is 5.69 Å². The molecule has 0 aliphatic heterocycles. The SMILES string of the molecule is CCCNC(=O)CNC(=O)NCc1ccc(C(=O)O)nc1. The molecule has 0 unspecified atom stereocenters. The zero-order valence-electron chi connectivity index (χ0n) is 11.7. The third-order valence-corrected chi connectivity index (χ3v) is 2.48. The van der Waals surface area contributed by atoms with Crippen molar-refractivity contribution in [2.24, 2.45) is 0 Å². The number of nitrogens with zero attached hydrogens (tertiary/aromatic N) is 1. The molecule has 0 aromatic carbocycles. The summed E-state index contributed by atoms with van der Waals surface area (Å²) in [7, 11) is 0. The Bertz CT molecular complexity index is 501. The molecule has 0 saturated heterocycles. The zero-order valence-corrected chi connectivity index (χ0v) is 11.7. The van der Waals surface area contributed by atoms with Gasteiger partial charge in [-0.3, -0.25) is 4.79 Å². The van der Waals surface area contributed by atoms with Crippen LogP contribution in [0, 0.1) is 0 Å². The number of pyridine rings is 1. The molecule has 0 bridgehead atoms. The Balaban J connectivity index is 2.29. The van der Waals surface area contributed by atoms with Crippen molar-refractivity contribution in [1.82, 2.24) is 20.9 Å². The third kappa shape index (κ3) is 6.37. The van der Waals surface area contributed by atoms with Gasteiger partial charge >= 0.3 is 12.0 Å². The van der Waals surface area contributed by atoms with Crippen LogP contribution in [0.1, 0.15) is 29.4 Å². The standard InChI is InChI=1S/C13H18N4O4/c1-2-5-14-11(18)8-17-13(21)16-7-9-3-4-10(12(19)20)15-6-9/h3-4,6H,2,5,7-8H2,1H3,(H,14,18)(H,19,20)(H2,16,17,21). The Kier molecular flexibility index (Phi) is 6.66. The second-order valence-electron chi connectivity index (χ2n) is 4.24. The number of amides is 3. The van der Waals surface area contributed by atoms with Gasteiger partial charge in [0, 0.05) is 19.3 Å². The number of nitrogens with one attached hydrogen (secondary N) is 3. The van der Waals surface area contributed by atoms with E-state index in [1.165, 1.54) is 12.3 Å². The largest absolute Gasteiger partial charge is 0.477 e. The summed E-state index contributed by atoms with van der Waals surface area (Å²) in [6.07, 6.45) is 2.20. The maximum Gasteiger partial charge on any atom is 0.354 e. The molecule has 4 N–H and O–H groups in total. The first kappa shape index (κ1) is 16.4. The van der Waals surface area contributed by atoms with E-state index in [9.17, 15) is 14.4 Å². The topological polar surface area (TPSA) is 120 Å². The highest BCUT2D eigenvalue weighted by atomic mass is 16.4. The second-order valence-corrected chi connectivity index (χ2v) is 4.24. The number of urea groups is 1. The number of aromatic carboxylic acids is 1. The average molecular weight is 294 g/mol. The molecule has 0 fully saturated rings. The first-order valence-corrected chi connectivity index (χ1v) is 6.49. The van der Waals surface area contributed by atoms with Crippen molar-refractivity contribution >= 4 is 17.9 Å². The van der Waals surface area contributed by atoms with Crippen molar-refractivity contribution < 1.29 is 19.5 Å². The first-order valence-electron chi connectivity index (χ1n) is 6.49. The summed E-state index contributed by atoms with van der Waals surface area (Å²) in [5.41, 5.74) is 0.599. The van der Waals surface area contributed by atoms with Crippen molar-refractivity contribution in [3.05, 3.63) is 29.6 Å². The van der Waals surface area contributed by atoms with Gasteiger partial charge < -0.3 is 21.1 Å². The van der Waals surface area contributed by atoms with E-state index in [0.29, 0.717) is 12.1 Å². The third-order valence-electron chi connectivity index (χ3n) is 2.48. The smallest absolute Gasteiger partial charge is 0.354 e. The quantitative estimate of drug-likeness (QED) is 0.568. The van der Waals surface area contributed by atoms with Crippen molar-refractivity contribution in [3.63, 3.8) is 0 Å². The molecule has 1 aromatic rings. The molecule has 114 valence electrons. The van der Waals surface area contributed by atoms with Gasteiger partial charge in [-0.15, -0.1) is 0 Å². The molecule has 0 aliphatic rings. The fourth-order valence-electron chi connectivity index (χ4n) is 1.39. The van der Waals surface area contributed by atoms with Crippen molar-refractivity contribution in [3.8, 4) is 0 Å². The van der Waals surface area contributed by atoms with Gasteiger partial charge in [-0.1, -0.05) is 13.0 Å². The molecule has 1 aromatic heterocycles. The van der Waals surface area contributed by atoms with Gasteiger partial charge in [-0.05, 0) is 18.1 Å².